The summed E-state index contributed by atoms with van der Waals surface area (Å²) in [5, 5.41) is 7.16. The Morgan fingerprint density at radius 3 is 3.00 bits per heavy atom. The van der Waals surface area contributed by atoms with E-state index < -0.39 is 0 Å². The van der Waals surface area contributed by atoms with E-state index in [2.05, 4.69) is 41.5 Å². The summed E-state index contributed by atoms with van der Waals surface area (Å²) in [5.41, 5.74) is 1.31. The normalized spacial score (nSPS) is 25.1. The number of rotatable bonds is 1. The number of fused-ring (bicyclic) bond motifs is 1. The van der Waals surface area contributed by atoms with Crippen LogP contribution >= 0.6 is 11.8 Å². The first-order chi connectivity index (χ1) is 7.84. The molecule has 2 aromatic rings. The van der Waals surface area contributed by atoms with E-state index in [-0.39, 0.29) is 0 Å². The molecule has 2 unspecified atom stereocenters. The molecular formula is C13H14N2S. The molecule has 1 aliphatic rings. The van der Waals surface area contributed by atoms with Gasteiger partial charge in [0.2, 0.25) is 0 Å². The highest BCUT2D eigenvalue weighted by Gasteiger charge is 2.24. The molecule has 0 amide bonds. The predicted octanol–water partition coefficient (Wildman–Crippen LogP) is 2.96. The lowest BCUT2D eigenvalue weighted by molar-refractivity contribution is 0.719. The standard InChI is InChI=1S/C13H14N2S/c1-9-6-15-13(16-9)12-8-14-7-10-4-2-3-5-11(10)12/h2-5,7-9,13,15H,6H2,1H3. The molecule has 1 aromatic heterocycles. The predicted molar refractivity (Wildman–Crippen MR) is 69.5 cm³/mol. The number of benzene rings is 1. The Bertz CT molecular complexity index is 507. The van der Waals surface area contributed by atoms with Crippen LogP contribution in [0.25, 0.3) is 10.8 Å². The third kappa shape index (κ3) is 1.70. The Labute approximate surface area is 99.5 Å². The summed E-state index contributed by atoms with van der Waals surface area (Å²) in [6, 6.07) is 8.45. The number of nitrogens with one attached hydrogen (secondary N) is 1. The van der Waals surface area contributed by atoms with E-state index in [0.29, 0.717) is 10.6 Å². The molecule has 0 aliphatic carbocycles. The minimum Gasteiger partial charge on any atom is -0.300 e. The lowest BCUT2D eigenvalue weighted by Gasteiger charge is -2.12. The monoisotopic (exact) mass is 230 g/mol. The van der Waals surface area contributed by atoms with Crippen molar-refractivity contribution in [2.75, 3.05) is 6.54 Å². The fourth-order valence-corrected chi connectivity index (χ4v) is 3.32. The Kier molecular flexibility index (Phi) is 2.58. The van der Waals surface area contributed by atoms with Gasteiger partial charge in [0, 0.05) is 35.1 Å². The van der Waals surface area contributed by atoms with E-state index in [1.54, 1.807) is 0 Å². The van der Waals surface area contributed by atoms with Gasteiger partial charge in [0.05, 0.1) is 5.37 Å². The van der Waals surface area contributed by atoms with Crippen molar-refractivity contribution in [2.45, 2.75) is 17.5 Å². The molecule has 16 heavy (non-hydrogen) atoms. The van der Waals surface area contributed by atoms with E-state index >= 15 is 0 Å². The Hall–Kier alpha value is -1.06. The largest absolute Gasteiger partial charge is 0.300 e. The summed E-state index contributed by atoms with van der Waals surface area (Å²) < 4.78 is 0. The zero-order chi connectivity index (χ0) is 11.0. The van der Waals surface area contributed by atoms with Crippen molar-refractivity contribution in [3.05, 3.63) is 42.2 Å². The average Bonchev–Trinajstić information content (AvgIpc) is 2.75. The first kappa shape index (κ1) is 10.1. The molecule has 1 aromatic carbocycles. The van der Waals surface area contributed by atoms with Gasteiger partial charge in [0.25, 0.3) is 0 Å². The second-order valence-corrected chi connectivity index (χ2v) is 5.73. The van der Waals surface area contributed by atoms with Crippen LogP contribution < -0.4 is 5.32 Å². The molecule has 1 aliphatic heterocycles. The molecule has 0 bridgehead atoms. The van der Waals surface area contributed by atoms with E-state index in [9.17, 15) is 0 Å². The van der Waals surface area contributed by atoms with E-state index in [1.165, 1.54) is 16.3 Å². The van der Waals surface area contributed by atoms with E-state index in [4.69, 9.17) is 0 Å². The second kappa shape index (κ2) is 4.07. The van der Waals surface area contributed by atoms with Crippen LogP contribution in [-0.4, -0.2) is 16.8 Å². The van der Waals surface area contributed by atoms with Crippen LogP contribution in [0.15, 0.2) is 36.7 Å². The van der Waals surface area contributed by atoms with Gasteiger partial charge in [-0.05, 0) is 5.39 Å². The minimum atomic E-state index is 0.397. The van der Waals surface area contributed by atoms with Crippen molar-refractivity contribution in [1.29, 1.82) is 0 Å². The van der Waals surface area contributed by atoms with Gasteiger partial charge in [-0.2, -0.15) is 0 Å². The minimum absolute atomic E-state index is 0.397. The molecular weight excluding hydrogens is 216 g/mol. The molecule has 2 heterocycles. The Balaban J connectivity index is 2.09. The van der Waals surface area contributed by atoms with E-state index in [1.807, 2.05) is 24.2 Å². The first-order valence-corrected chi connectivity index (χ1v) is 6.50. The third-order valence-electron chi connectivity index (χ3n) is 2.94. The van der Waals surface area contributed by atoms with Gasteiger partial charge in [-0.1, -0.05) is 31.2 Å². The van der Waals surface area contributed by atoms with Gasteiger partial charge in [-0.15, -0.1) is 11.8 Å². The van der Waals surface area contributed by atoms with Gasteiger partial charge in [-0.3, -0.25) is 4.98 Å². The highest BCUT2D eigenvalue weighted by Crippen LogP contribution is 2.37. The molecule has 3 rings (SSSR count). The van der Waals surface area contributed by atoms with Crippen LogP contribution in [0.4, 0.5) is 0 Å². The van der Waals surface area contributed by atoms with Crippen LogP contribution in [0.5, 0.6) is 0 Å². The van der Waals surface area contributed by atoms with Gasteiger partial charge in [0.1, 0.15) is 0 Å². The second-order valence-electron chi connectivity index (χ2n) is 4.18. The number of hydrogen-bond donors (Lipinski definition) is 1. The maximum absolute atomic E-state index is 4.33. The Morgan fingerprint density at radius 1 is 1.31 bits per heavy atom. The van der Waals surface area contributed by atoms with Crippen LogP contribution in [0, 0.1) is 0 Å². The number of aromatic nitrogens is 1. The zero-order valence-corrected chi connectivity index (χ0v) is 10.00. The van der Waals surface area contributed by atoms with Gasteiger partial charge < -0.3 is 5.32 Å². The summed E-state index contributed by atoms with van der Waals surface area (Å²) >= 11 is 1.98. The summed E-state index contributed by atoms with van der Waals surface area (Å²) in [7, 11) is 0. The van der Waals surface area contributed by atoms with Gasteiger partial charge in [0.15, 0.2) is 0 Å². The van der Waals surface area contributed by atoms with Crippen molar-refractivity contribution in [3.63, 3.8) is 0 Å². The first-order valence-electron chi connectivity index (χ1n) is 5.56. The maximum atomic E-state index is 4.33. The quantitative estimate of drug-likeness (QED) is 0.815. The van der Waals surface area contributed by atoms with Crippen molar-refractivity contribution < 1.29 is 0 Å². The molecule has 3 heteroatoms. The average molecular weight is 230 g/mol. The molecule has 2 atom stereocenters. The Morgan fingerprint density at radius 2 is 2.19 bits per heavy atom. The molecule has 2 nitrogen and oxygen atoms in total. The smallest absolute Gasteiger partial charge is 0.0813 e. The molecule has 0 radical (unpaired) electrons. The molecule has 1 fully saturated rings. The summed E-state index contributed by atoms with van der Waals surface area (Å²) in [4.78, 5) is 4.33. The molecule has 0 saturated carbocycles. The highest BCUT2D eigenvalue weighted by atomic mass is 32.2. The van der Waals surface area contributed by atoms with Crippen molar-refractivity contribution in [2.24, 2.45) is 0 Å². The number of nitrogens with zero attached hydrogens (tertiary/aromatic N) is 1. The topological polar surface area (TPSA) is 24.9 Å². The number of pyridine rings is 1. The zero-order valence-electron chi connectivity index (χ0n) is 9.18. The third-order valence-corrected chi connectivity index (χ3v) is 4.26. The van der Waals surface area contributed by atoms with Crippen molar-refractivity contribution >= 4 is 22.5 Å². The van der Waals surface area contributed by atoms with E-state index in [0.717, 1.165) is 6.54 Å². The molecule has 1 N–H and O–H groups in total. The summed E-state index contributed by atoms with van der Waals surface area (Å²) in [6.07, 6.45) is 3.92. The van der Waals surface area contributed by atoms with Crippen molar-refractivity contribution in [3.8, 4) is 0 Å². The number of hydrogen-bond acceptors (Lipinski definition) is 3. The van der Waals surface area contributed by atoms with Crippen LogP contribution in [0.3, 0.4) is 0 Å². The SMILES string of the molecule is CC1CNC(c2cncc3ccccc23)S1. The highest BCUT2D eigenvalue weighted by molar-refractivity contribution is 8.00. The van der Waals surface area contributed by atoms with Crippen LogP contribution in [0.1, 0.15) is 17.9 Å². The fraction of sp³-hybridized carbons (Fsp3) is 0.308. The van der Waals surface area contributed by atoms with Gasteiger partial charge in [-0.25, -0.2) is 0 Å². The number of thioether (sulfide) groups is 1. The van der Waals surface area contributed by atoms with Gasteiger partial charge >= 0.3 is 0 Å². The molecule has 82 valence electrons. The van der Waals surface area contributed by atoms with Crippen LogP contribution in [0.2, 0.25) is 0 Å². The van der Waals surface area contributed by atoms with Crippen LogP contribution in [-0.2, 0) is 0 Å². The van der Waals surface area contributed by atoms with Crippen molar-refractivity contribution in [1.82, 2.24) is 10.3 Å². The maximum Gasteiger partial charge on any atom is 0.0813 e. The summed E-state index contributed by atoms with van der Waals surface area (Å²) in [6.45, 7) is 3.34. The molecule has 0 spiro atoms. The lowest BCUT2D eigenvalue weighted by Crippen LogP contribution is -2.14. The molecule has 1 saturated heterocycles. The summed E-state index contributed by atoms with van der Waals surface area (Å²) in [5.74, 6) is 0. The lowest BCUT2D eigenvalue weighted by atomic mass is 10.1. The fourth-order valence-electron chi connectivity index (χ4n) is 2.13.